The molecule has 22 heavy (non-hydrogen) atoms. The zero-order chi connectivity index (χ0) is 16.3. The van der Waals surface area contributed by atoms with E-state index in [1.165, 1.54) is 12.1 Å². The van der Waals surface area contributed by atoms with Gasteiger partial charge in [-0.3, -0.25) is 9.59 Å². The van der Waals surface area contributed by atoms with Crippen molar-refractivity contribution in [2.75, 3.05) is 0 Å². The highest BCUT2D eigenvalue weighted by molar-refractivity contribution is 6.30. The third kappa shape index (κ3) is 3.62. The summed E-state index contributed by atoms with van der Waals surface area (Å²) in [5, 5.41) is 11.4. The zero-order valence-electron chi connectivity index (χ0n) is 11.5. The summed E-state index contributed by atoms with van der Waals surface area (Å²) in [6.45, 7) is 1.55. The van der Waals surface area contributed by atoms with Crippen molar-refractivity contribution in [2.24, 2.45) is 0 Å². The zero-order valence-corrected chi connectivity index (χ0v) is 12.2. The Kier molecular flexibility index (Phi) is 4.77. The molecule has 8 heteroatoms. The maximum Gasteiger partial charge on any atom is 0.305 e. The normalized spacial score (nSPS) is 12.0. The number of benzene rings is 1. The molecule has 2 N–H and O–H groups in total. The molecule has 6 nitrogen and oxygen atoms in total. The van der Waals surface area contributed by atoms with Crippen LogP contribution in [0.1, 0.15) is 34.3 Å². The molecule has 1 unspecified atom stereocenters. The number of carboxylic acids is 1. The van der Waals surface area contributed by atoms with E-state index in [1.54, 1.807) is 6.92 Å². The van der Waals surface area contributed by atoms with Gasteiger partial charge in [-0.15, -0.1) is 0 Å². The van der Waals surface area contributed by atoms with E-state index in [-0.39, 0.29) is 10.7 Å². The Morgan fingerprint density at radius 2 is 2.23 bits per heavy atom. The summed E-state index contributed by atoms with van der Waals surface area (Å²) in [7, 11) is 0. The number of aromatic nitrogens is 1. The summed E-state index contributed by atoms with van der Waals surface area (Å²) in [5.41, 5.74) is 0.337. The van der Waals surface area contributed by atoms with E-state index in [4.69, 9.17) is 21.1 Å². The van der Waals surface area contributed by atoms with Crippen LogP contribution in [0.5, 0.6) is 0 Å². The van der Waals surface area contributed by atoms with Crippen LogP contribution >= 0.6 is 11.6 Å². The van der Waals surface area contributed by atoms with Gasteiger partial charge in [-0.1, -0.05) is 17.7 Å². The first-order valence-corrected chi connectivity index (χ1v) is 6.64. The maximum atomic E-state index is 13.5. The van der Waals surface area contributed by atoms with Crippen LogP contribution in [0, 0.1) is 12.7 Å². The first-order valence-electron chi connectivity index (χ1n) is 6.26. The van der Waals surface area contributed by atoms with Gasteiger partial charge < -0.3 is 14.8 Å². The van der Waals surface area contributed by atoms with Gasteiger partial charge >= 0.3 is 5.97 Å². The van der Waals surface area contributed by atoms with Gasteiger partial charge in [0.1, 0.15) is 11.6 Å². The van der Waals surface area contributed by atoms with Crippen molar-refractivity contribution in [3.05, 3.63) is 52.5 Å². The molecule has 0 bridgehead atoms. The molecule has 0 radical (unpaired) electrons. The summed E-state index contributed by atoms with van der Waals surface area (Å²) >= 11 is 5.60. The monoisotopic (exact) mass is 326 g/mol. The molecule has 2 aromatic rings. The lowest BCUT2D eigenvalue weighted by Gasteiger charge is -2.17. The first-order chi connectivity index (χ1) is 10.4. The van der Waals surface area contributed by atoms with E-state index < -0.39 is 30.2 Å². The predicted octanol–water partition coefficient (Wildman–Crippen LogP) is 2.72. The number of hydrogen-bond acceptors (Lipinski definition) is 4. The van der Waals surface area contributed by atoms with Crippen LogP contribution in [0.15, 0.2) is 29.0 Å². The molecule has 0 fully saturated rings. The predicted molar refractivity (Wildman–Crippen MR) is 75.1 cm³/mol. The van der Waals surface area contributed by atoms with Crippen LogP contribution < -0.4 is 5.32 Å². The third-order valence-electron chi connectivity index (χ3n) is 2.99. The lowest BCUT2D eigenvalue weighted by atomic mass is 10.0. The number of halogens is 2. The number of hydrogen-bond donors (Lipinski definition) is 2. The number of amides is 1. The van der Waals surface area contributed by atoms with E-state index in [0.29, 0.717) is 11.3 Å². The Morgan fingerprint density at radius 3 is 2.77 bits per heavy atom. The van der Waals surface area contributed by atoms with Crippen molar-refractivity contribution < 1.29 is 23.5 Å². The quantitative estimate of drug-likeness (QED) is 0.881. The van der Waals surface area contributed by atoms with Crippen molar-refractivity contribution in [1.82, 2.24) is 10.3 Å². The Hall–Kier alpha value is -2.41. The van der Waals surface area contributed by atoms with Gasteiger partial charge in [-0.2, -0.15) is 0 Å². The van der Waals surface area contributed by atoms with Gasteiger partial charge in [0.25, 0.3) is 5.91 Å². The van der Waals surface area contributed by atoms with Gasteiger partial charge in [0.2, 0.25) is 0 Å². The van der Waals surface area contributed by atoms with Crippen molar-refractivity contribution >= 4 is 23.5 Å². The molecule has 1 atom stereocenters. The summed E-state index contributed by atoms with van der Waals surface area (Å²) < 4.78 is 18.5. The summed E-state index contributed by atoms with van der Waals surface area (Å²) in [6, 6.07) is 2.92. The lowest BCUT2D eigenvalue weighted by molar-refractivity contribution is -0.137. The summed E-state index contributed by atoms with van der Waals surface area (Å²) in [4.78, 5) is 26.8. The number of nitrogens with one attached hydrogen (secondary N) is 1. The standard InChI is InChI=1S/C14H12ClFN2O4/c1-7-13(17-6-22-7)14(21)18-11(5-12(19)20)8-2-3-9(15)10(16)4-8/h2-4,6,11H,5H2,1H3,(H,18,21)(H,19,20). The molecule has 1 aromatic carbocycles. The smallest absolute Gasteiger partial charge is 0.305 e. The molecule has 116 valence electrons. The second-order valence-electron chi connectivity index (χ2n) is 4.55. The van der Waals surface area contributed by atoms with E-state index in [9.17, 15) is 14.0 Å². The second kappa shape index (κ2) is 6.57. The fourth-order valence-corrected chi connectivity index (χ4v) is 2.02. The molecular formula is C14H12ClFN2O4. The molecule has 0 spiro atoms. The highest BCUT2D eigenvalue weighted by Gasteiger charge is 2.22. The van der Waals surface area contributed by atoms with Crippen molar-refractivity contribution in [1.29, 1.82) is 0 Å². The SMILES string of the molecule is Cc1ocnc1C(=O)NC(CC(=O)O)c1ccc(Cl)c(F)c1. The maximum absolute atomic E-state index is 13.5. The van der Waals surface area contributed by atoms with Gasteiger partial charge in [0.05, 0.1) is 17.5 Å². The van der Waals surface area contributed by atoms with Gasteiger partial charge in [0.15, 0.2) is 12.1 Å². The van der Waals surface area contributed by atoms with Crippen molar-refractivity contribution in [3.8, 4) is 0 Å². The van der Waals surface area contributed by atoms with Crippen molar-refractivity contribution in [3.63, 3.8) is 0 Å². The Bertz CT molecular complexity index is 717. The minimum Gasteiger partial charge on any atom is -0.481 e. The van der Waals surface area contributed by atoms with Gasteiger partial charge in [-0.25, -0.2) is 9.37 Å². The van der Waals surface area contributed by atoms with Crippen LogP contribution in [0.25, 0.3) is 0 Å². The van der Waals surface area contributed by atoms with E-state index in [1.807, 2.05) is 0 Å². The Morgan fingerprint density at radius 1 is 1.50 bits per heavy atom. The Labute approximate surface area is 129 Å². The first kappa shape index (κ1) is 16.0. The number of rotatable bonds is 5. The van der Waals surface area contributed by atoms with E-state index in [0.717, 1.165) is 12.5 Å². The average Bonchev–Trinajstić information content (AvgIpc) is 2.87. The fourth-order valence-electron chi connectivity index (χ4n) is 1.91. The number of nitrogens with zero attached hydrogens (tertiary/aromatic N) is 1. The molecule has 0 aliphatic rings. The number of oxazole rings is 1. The lowest BCUT2D eigenvalue weighted by Crippen LogP contribution is -2.31. The van der Waals surface area contributed by atoms with E-state index in [2.05, 4.69) is 10.3 Å². The minimum absolute atomic E-state index is 0.0461. The average molecular weight is 327 g/mol. The molecule has 2 rings (SSSR count). The minimum atomic E-state index is -1.14. The van der Waals surface area contributed by atoms with Crippen LogP contribution in [0.4, 0.5) is 4.39 Å². The molecule has 1 amide bonds. The highest BCUT2D eigenvalue weighted by Crippen LogP contribution is 2.23. The highest BCUT2D eigenvalue weighted by atomic mass is 35.5. The molecule has 0 aliphatic carbocycles. The van der Waals surface area contributed by atoms with Crippen LogP contribution in [0.3, 0.4) is 0 Å². The topological polar surface area (TPSA) is 92.4 Å². The van der Waals surface area contributed by atoms with Crippen LogP contribution in [0.2, 0.25) is 5.02 Å². The number of carboxylic acid groups (broad SMARTS) is 1. The molecule has 0 saturated heterocycles. The van der Waals surface area contributed by atoms with E-state index >= 15 is 0 Å². The summed E-state index contributed by atoms with van der Waals surface area (Å²) in [5.74, 6) is -2.14. The fraction of sp³-hybridized carbons (Fsp3) is 0.214. The van der Waals surface area contributed by atoms with Crippen LogP contribution in [-0.2, 0) is 4.79 Å². The molecule has 1 heterocycles. The Balaban J connectivity index is 2.26. The van der Waals surface area contributed by atoms with Gasteiger partial charge in [0, 0.05) is 0 Å². The molecule has 1 aromatic heterocycles. The largest absolute Gasteiger partial charge is 0.481 e. The number of aliphatic carboxylic acids is 1. The third-order valence-corrected chi connectivity index (χ3v) is 3.30. The molecule has 0 saturated carbocycles. The number of carbonyl (C=O) groups is 2. The van der Waals surface area contributed by atoms with Crippen LogP contribution in [-0.4, -0.2) is 22.0 Å². The number of aryl methyl sites for hydroxylation is 1. The van der Waals surface area contributed by atoms with Gasteiger partial charge in [-0.05, 0) is 24.6 Å². The summed E-state index contributed by atoms with van der Waals surface area (Å²) in [6.07, 6.45) is 0.697. The second-order valence-corrected chi connectivity index (χ2v) is 4.96. The number of carbonyl (C=O) groups excluding carboxylic acids is 1. The molecular weight excluding hydrogens is 315 g/mol. The molecule has 0 aliphatic heterocycles. The van der Waals surface area contributed by atoms with Crippen molar-refractivity contribution in [2.45, 2.75) is 19.4 Å².